The van der Waals surface area contributed by atoms with Crippen molar-refractivity contribution in [3.8, 4) is 22.8 Å². The summed E-state index contributed by atoms with van der Waals surface area (Å²) in [4.78, 5) is 16.9. The minimum Gasteiger partial charge on any atom is -0.494 e. The van der Waals surface area contributed by atoms with Gasteiger partial charge in [-0.25, -0.2) is 4.98 Å². The summed E-state index contributed by atoms with van der Waals surface area (Å²) in [6.45, 7) is 5.01. The number of rotatable bonds is 7. The van der Waals surface area contributed by atoms with Crippen LogP contribution in [0.5, 0.6) is 11.5 Å². The number of carbonyl (C=O) groups is 1. The van der Waals surface area contributed by atoms with E-state index in [9.17, 15) is 4.79 Å². The summed E-state index contributed by atoms with van der Waals surface area (Å²) in [5, 5.41) is 8.88. The van der Waals surface area contributed by atoms with Crippen molar-refractivity contribution < 1.29 is 19.4 Å². The number of aliphatic carboxylic acids is 1. The Morgan fingerprint density at radius 2 is 2.04 bits per heavy atom. The van der Waals surface area contributed by atoms with E-state index in [1.807, 2.05) is 42.6 Å². The fourth-order valence-corrected chi connectivity index (χ4v) is 3.40. The van der Waals surface area contributed by atoms with Crippen LogP contribution < -0.4 is 9.47 Å². The lowest BCUT2D eigenvalue weighted by Crippen LogP contribution is -1.97. The largest absolute Gasteiger partial charge is 0.494 e. The molecule has 0 unspecified atom stereocenters. The molecule has 1 N–H and O–H groups in total. The first-order chi connectivity index (χ1) is 11.6. The number of carboxylic acid groups (broad SMARTS) is 1. The predicted molar refractivity (Wildman–Crippen MR) is 92.2 cm³/mol. The first kappa shape index (κ1) is 16.3. The van der Waals surface area contributed by atoms with Crippen molar-refractivity contribution in [3.63, 3.8) is 0 Å². The van der Waals surface area contributed by atoms with E-state index in [4.69, 9.17) is 14.6 Å². The van der Waals surface area contributed by atoms with Crippen LogP contribution in [0.15, 0.2) is 30.6 Å². The average molecular weight is 346 g/mol. The van der Waals surface area contributed by atoms with Gasteiger partial charge in [0.1, 0.15) is 11.5 Å². The average Bonchev–Trinajstić information content (AvgIpc) is 3.05. The van der Waals surface area contributed by atoms with Crippen molar-refractivity contribution in [2.45, 2.75) is 20.3 Å². The van der Waals surface area contributed by atoms with Crippen LogP contribution in [0.3, 0.4) is 0 Å². The third-order valence-corrected chi connectivity index (χ3v) is 4.37. The van der Waals surface area contributed by atoms with E-state index >= 15 is 0 Å². The predicted octanol–water partition coefficient (Wildman–Crippen LogP) is 3.49. The molecule has 0 radical (unpaired) electrons. The Hall–Kier alpha value is -2.54. The Labute approximate surface area is 143 Å². The fraction of sp³-hybridized carbons (Fsp3) is 0.294. The Bertz CT molecular complexity index is 837. The van der Waals surface area contributed by atoms with E-state index in [-0.39, 0.29) is 6.42 Å². The van der Waals surface area contributed by atoms with Crippen LogP contribution in [0.1, 0.15) is 18.7 Å². The van der Waals surface area contributed by atoms with Crippen LogP contribution in [0.2, 0.25) is 0 Å². The third-order valence-electron chi connectivity index (χ3n) is 3.37. The molecule has 0 bridgehead atoms. The van der Waals surface area contributed by atoms with E-state index in [1.54, 1.807) is 6.20 Å². The van der Waals surface area contributed by atoms with Crippen LogP contribution in [-0.2, 0) is 11.2 Å². The molecule has 0 saturated carbocycles. The van der Waals surface area contributed by atoms with Crippen molar-refractivity contribution >= 4 is 22.3 Å². The van der Waals surface area contributed by atoms with E-state index < -0.39 is 5.97 Å². The van der Waals surface area contributed by atoms with Crippen LogP contribution >= 0.6 is 11.3 Å². The summed E-state index contributed by atoms with van der Waals surface area (Å²) < 4.78 is 13.1. The van der Waals surface area contributed by atoms with Gasteiger partial charge in [0.15, 0.2) is 4.96 Å². The molecule has 3 rings (SSSR count). The molecule has 0 saturated heterocycles. The zero-order chi connectivity index (χ0) is 17.1. The molecule has 3 aromatic rings. The fourth-order valence-electron chi connectivity index (χ4n) is 2.45. The molecule has 0 aliphatic rings. The lowest BCUT2D eigenvalue weighted by Gasteiger charge is -2.11. The van der Waals surface area contributed by atoms with Gasteiger partial charge in [-0.2, -0.15) is 0 Å². The molecule has 6 nitrogen and oxygen atoms in total. The van der Waals surface area contributed by atoms with Crippen molar-refractivity contribution in [1.29, 1.82) is 0 Å². The highest BCUT2D eigenvalue weighted by Gasteiger charge is 2.14. The van der Waals surface area contributed by atoms with Gasteiger partial charge in [-0.15, -0.1) is 11.3 Å². The lowest BCUT2D eigenvalue weighted by molar-refractivity contribution is -0.136. The highest BCUT2D eigenvalue weighted by atomic mass is 32.1. The van der Waals surface area contributed by atoms with Gasteiger partial charge in [-0.3, -0.25) is 9.20 Å². The molecule has 0 atom stereocenters. The molecule has 1 aromatic carbocycles. The highest BCUT2D eigenvalue weighted by molar-refractivity contribution is 7.17. The second-order valence-electron chi connectivity index (χ2n) is 5.11. The van der Waals surface area contributed by atoms with Gasteiger partial charge in [0, 0.05) is 28.9 Å². The zero-order valence-corrected chi connectivity index (χ0v) is 14.3. The molecule has 0 aliphatic carbocycles. The zero-order valence-electron chi connectivity index (χ0n) is 13.5. The Morgan fingerprint density at radius 1 is 1.25 bits per heavy atom. The lowest BCUT2D eigenvalue weighted by atomic mass is 10.1. The SMILES string of the molecule is CCOc1ccc(-c2cn3cc(CC(=O)O)sc3n2)c(OCC)c1. The standard InChI is InChI=1S/C17H18N2O4S/c1-3-22-11-5-6-13(15(7-11)23-4-2)14-10-19-9-12(8-16(20)21)24-17(19)18-14/h5-7,9-10H,3-4,8H2,1-2H3,(H,20,21). The van der Waals surface area contributed by atoms with Crippen molar-refractivity contribution in [2.24, 2.45) is 0 Å². The second kappa shape index (κ2) is 6.92. The molecule has 0 fully saturated rings. The first-order valence-corrected chi connectivity index (χ1v) is 8.51. The normalized spacial score (nSPS) is 10.9. The smallest absolute Gasteiger partial charge is 0.308 e. The number of aromatic nitrogens is 2. The van der Waals surface area contributed by atoms with Gasteiger partial charge in [0.25, 0.3) is 0 Å². The monoisotopic (exact) mass is 346 g/mol. The number of ether oxygens (including phenoxy) is 2. The van der Waals surface area contributed by atoms with Crippen LogP contribution in [-0.4, -0.2) is 33.7 Å². The van der Waals surface area contributed by atoms with Gasteiger partial charge in [0.2, 0.25) is 0 Å². The molecular formula is C17H18N2O4S. The van der Waals surface area contributed by atoms with Crippen LogP contribution in [0.25, 0.3) is 16.2 Å². The third kappa shape index (κ3) is 3.35. The van der Waals surface area contributed by atoms with Crippen molar-refractivity contribution in [2.75, 3.05) is 13.2 Å². The Balaban J connectivity index is 1.96. The van der Waals surface area contributed by atoms with E-state index in [0.717, 1.165) is 32.6 Å². The first-order valence-electron chi connectivity index (χ1n) is 7.70. The second-order valence-corrected chi connectivity index (χ2v) is 6.20. The molecule has 0 aliphatic heterocycles. The number of benzene rings is 1. The number of hydrogen-bond acceptors (Lipinski definition) is 5. The number of fused-ring (bicyclic) bond motifs is 1. The van der Waals surface area contributed by atoms with Crippen molar-refractivity contribution in [1.82, 2.24) is 9.38 Å². The Morgan fingerprint density at radius 3 is 2.71 bits per heavy atom. The summed E-state index contributed by atoms with van der Waals surface area (Å²) >= 11 is 1.38. The van der Waals surface area contributed by atoms with Gasteiger partial charge in [-0.05, 0) is 26.0 Å². The van der Waals surface area contributed by atoms with Crippen molar-refractivity contribution in [3.05, 3.63) is 35.5 Å². The van der Waals surface area contributed by atoms with E-state index in [1.165, 1.54) is 11.3 Å². The number of thiazole rings is 1. The van der Waals surface area contributed by atoms with E-state index in [2.05, 4.69) is 4.98 Å². The highest BCUT2D eigenvalue weighted by Crippen LogP contribution is 2.34. The van der Waals surface area contributed by atoms with Gasteiger partial charge < -0.3 is 14.6 Å². The summed E-state index contributed by atoms with van der Waals surface area (Å²) in [5.41, 5.74) is 1.67. The molecule has 2 aromatic heterocycles. The molecular weight excluding hydrogens is 328 g/mol. The van der Waals surface area contributed by atoms with Gasteiger partial charge in [-0.1, -0.05) is 0 Å². The minimum atomic E-state index is -0.843. The topological polar surface area (TPSA) is 73.1 Å². The Kier molecular flexibility index (Phi) is 4.71. The van der Waals surface area contributed by atoms with Gasteiger partial charge in [0.05, 0.1) is 25.3 Å². The molecule has 2 heterocycles. The number of carboxylic acids is 1. The molecule has 24 heavy (non-hydrogen) atoms. The number of nitrogens with zero attached hydrogens (tertiary/aromatic N) is 2. The number of hydrogen-bond donors (Lipinski definition) is 1. The molecule has 126 valence electrons. The minimum absolute atomic E-state index is 0.0105. The molecule has 0 spiro atoms. The van der Waals surface area contributed by atoms with Crippen LogP contribution in [0.4, 0.5) is 0 Å². The van der Waals surface area contributed by atoms with Gasteiger partial charge >= 0.3 is 5.97 Å². The maximum absolute atomic E-state index is 10.8. The molecule has 7 heteroatoms. The summed E-state index contributed by atoms with van der Waals surface area (Å²) in [7, 11) is 0. The van der Waals surface area contributed by atoms with Crippen LogP contribution in [0, 0.1) is 0 Å². The maximum atomic E-state index is 10.8. The quantitative estimate of drug-likeness (QED) is 0.709. The molecule has 0 amide bonds. The summed E-state index contributed by atoms with van der Waals surface area (Å²) in [6, 6.07) is 5.69. The summed E-state index contributed by atoms with van der Waals surface area (Å²) in [6.07, 6.45) is 3.70. The number of imidazole rings is 1. The van der Waals surface area contributed by atoms with E-state index in [0.29, 0.717) is 13.2 Å². The maximum Gasteiger partial charge on any atom is 0.308 e. The summed E-state index contributed by atoms with van der Waals surface area (Å²) in [5.74, 6) is 0.638.